The lowest BCUT2D eigenvalue weighted by molar-refractivity contribution is -0.116. The van der Waals surface area contributed by atoms with Crippen molar-refractivity contribution in [3.8, 4) is 10.8 Å². The fourth-order valence-corrected chi connectivity index (χ4v) is 2.60. The Morgan fingerprint density at radius 3 is 2.87 bits per heavy atom. The first-order valence-electron chi connectivity index (χ1n) is 6.96. The van der Waals surface area contributed by atoms with Crippen LogP contribution in [0.15, 0.2) is 46.3 Å². The molecule has 0 aliphatic heterocycles. The number of hydrogen-bond donors (Lipinski definition) is 1. The van der Waals surface area contributed by atoms with Gasteiger partial charge in [0, 0.05) is 6.08 Å². The summed E-state index contributed by atoms with van der Waals surface area (Å²) in [6.07, 6.45) is 3.22. The summed E-state index contributed by atoms with van der Waals surface area (Å²) in [4.78, 5) is 16.8. The van der Waals surface area contributed by atoms with E-state index < -0.39 is 0 Å². The minimum Gasteiger partial charge on any atom is -0.418 e. The molecule has 3 rings (SSSR count). The molecule has 0 saturated carbocycles. The molecule has 0 spiro atoms. The third-order valence-corrected chi connectivity index (χ3v) is 3.96. The number of nitrogens with zero attached hydrogens (tertiary/aromatic N) is 3. The Morgan fingerprint density at radius 1 is 1.30 bits per heavy atom. The van der Waals surface area contributed by atoms with Crippen molar-refractivity contribution in [2.75, 3.05) is 0 Å². The van der Waals surface area contributed by atoms with Crippen LogP contribution in [0.4, 0.5) is 0 Å². The molecular formula is C16H14N4O2S. The Hall–Kier alpha value is -2.80. The van der Waals surface area contributed by atoms with Crippen LogP contribution >= 0.6 is 11.3 Å². The monoisotopic (exact) mass is 326 g/mol. The van der Waals surface area contributed by atoms with Gasteiger partial charge in [0.15, 0.2) is 0 Å². The van der Waals surface area contributed by atoms with E-state index >= 15 is 0 Å². The first-order chi connectivity index (χ1) is 11.2. The molecule has 2 heterocycles. The van der Waals surface area contributed by atoms with Gasteiger partial charge < -0.3 is 9.73 Å². The van der Waals surface area contributed by atoms with E-state index in [0.717, 1.165) is 16.1 Å². The van der Waals surface area contributed by atoms with Crippen molar-refractivity contribution in [3.05, 3.63) is 59.1 Å². The number of aromatic nitrogens is 3. The summed E-state index contributed by atoms with van der Waals surface area (Å²) in [6.45, 7) is 2.06. The van der Waals surface area contributed by atoms with Gasteiger partial charge >= 0.3 is 0 Å². The number of carbonyl (C=O) groups is 1. The molecular weight excluding hydrogens is 312 g/mol. The fourth-order valence-electron chi connectivity index (χ4n) is 1.88. The van der Waals surface area contributed by atoms with Crippen LogP contribution in [-0.4, -0.2) is 21.1 Å². The number of carbonyl (C=O) groups excluding carboxylic acids is 1. The number of nitrogens with one attached hydrogen (secondary N) is 1. The van der Waals surface area contributed by atoms with Crippen LogP contribution in [-0.2, 0) is 11.3 Å². The lowest BCUT2D eigenvalue weighted by Gasteiger charge is -1.97. The standard InChI is InChI=1S/C16H14N4O2S/c1-11-15(23-10-18-11)16-20-19-14(22-16)9-17-13(21)8-7-12-5-3-2-4-6-12/h2-8,10H,9H2,1H3,(H,17,21)/b8-7+. The Kier molecular flexibility index (Phi) is 4.58. The molecule has 0 aliphatic carbocycles. The van der Waals surface area contributed by atoms with Crippen molar-refractivity contribution in [1.82, 2.24) is 20.5 Å². The van der Waals surface area contributed by atoms with Gasteiger partial charge in [-0.25, -0.2) is 4.98 Å². The van der Waals surface area contributed by atoms with Gasteiger partial charge in [0.05, 0.1) is 17.7 Å². The van der Waals surface area contributed by atoms with Gasteiger partial charge in [-0.05, 0) is 18.6 Å². The maximum absolute atomic E-state index is 11.8. The predicted octanol–water partition coefficient (Wildman–Crippen LogP) is 2.83. The summed E-state index contributed by atoms with van der Waals surface area (Å²) in [5, 5.41) is 10.6. The summed E-state index contributed by atoms with van der Waals surface area (Å²) in [5.41, 5.74) is 3.54. The van der Waals surface area contributed by atoms with Crippen molar-refractivity contribution in [2.45, 2.75) is 13.5 Å². The summed E-state index contributed by atoms with van der Waals surface area (Å²) >= 11 is 1.44. The van der Waals surface area contributed by atoms with Gasteiger partial charge in [0.1, 0.15) is 4.88 Å². The van der Waals surface area contributed by atoms with Gasteiger partial charge in [-0.2, -0.15) is 0 Å². The summed E-state index contributed by atoms with van der Waals surface area (Å²) in [5.74, 6) is 0.561. The molecule has 0 saturated heterocycles. The van der Waals surface area contributed by atoms with E-state index in [1.807, 2.05) is 37.3 Å². The Balaban J connectivity index is 1.57. The van der Waals surface area contributed by atoms with Crippen molar-refractivity contribution < 1.29 is 9.21 Å². The van der Waals surface area contributed by atoms with Crippen molar-refractivity contribution in [2.24, 2.45) is 0 Å². The van der Waals surface area contributed by atoms with Crippen molar-refractivity contribution in [3.63, 3.8) is 0 Å². The van der Waals surface area contributed by atoms with E-state index in [1.54, 1.807) is 11.6 Å². The molecule has 1 N–H and O–H groups in total. The second kappa shape index (κ2) is 6.97. The minimum atomic E-state index is -0.220. The van der Waals surface area contributed by atoms with Crippen LogP contribution in [0.3, 0.4) is 0 Å². The van der Waals surface area contributed by atoms with Gasteiger partial charge in [-0.15, -0.1) is 21.5 Å². The lowest BCUT2D eigenvalue weighted by atomic mass is 10.2. The summed E-state index contributed by atoms with van der Waals surface area (Å²) in [7, 11) is 0. The van der Waals surface area contributed by atoms with Gasteiger partial charge in [-0.1, -0.05) is 30.3 Å². The largest absolute Gasteiger partial charge is 0.418 e. The Labute approximate surface area is 136 Å². The van der Waals surface area contributed by atoms with E-state index in [1.165, 1.54) is 17.4 Å². The molecule has 0 fully saturated rings. The number of rotatable bonds is 5. The third-order valence-electron chi connectivity index (χ3n) is 3.05. The van der Waals surface area contributed by atoms with Gasteiger partial charge in [0.2, 0.25) is 11.8 Å². The molecule has 3 aromatic rings. The smallest absolute Gasteiger partial charge is 0.259 e. The minimum absolute atomic E-state index is 0.183. The molecule has 6 nitrogen and oxygen atoms in total. The van der Waals surface area contributed by atoms with Gasteiger partial charge in [0.25, 0.3) is 5.89 Å². The Morgan fingerprint density at radius 2 is 2.13 bits per heavy atom. The van der Waals surface area contributed by atoms with E-state index in [0.29, 0.717) is 11.8 Å². The van der Waals surface area contributed by atoms with Crippen molar-refractivity contribution in [1.29, 1.82) is 0 Å². The zero-order valence-corrected chi connectivity index (χ0v) is 13.2. The quantitative estimate of drug-likeness (QED) is 0.729. The molecule has 0 aliphatic rings. The summed E-state index contributed by atoms with van der Waals surface area (Å²) in [6, 6.07) is 9.60. The topological polar surface area (TPSA) is 80.9 Å². The first kappa shape index (κ1) is 15.1. The first-order valence-corrected chi connectivity index (χ1v) is 7.84. The highest BCUT2D eigenvalue weighted by Gasteiger charge is 2.13. The molecule has 116 valence electrons. The third kappa shape index (κ3) is 3.89. The second-order valence-electron chi connectivity index (χ2n) is 4.73. The maximum Gasteiger partial charge on any atom is 0.259 e. The van der Waals surface area contributed by atoms with Crippen LogP contribution in [0.25, 0.3) is 16.8 Å². The Bertz CT molecular complexity index is 823. The number of aryl methyl sites for hydroxylation is 1. The normalized spacial score (nSPS) is 11.0. The fraction of sp³-hybridized carbons (Fsp3) is 0.125. The molecule has 1 amide bonds. The number of thiazole rings is 1. The molecule has 0 radical (unpaired) electrons. The maximum atomic E-state index is 11.8. The number of hydrogen-bond acceptors (Lipinski definition) is 6. The van der Waals surface area contributed by atoms with E-state index in [-0.39, 0.29) is 12.5 Å². The molecule has 2 aromatic heterocycles. The van der Waals surface area contributed by atoms with E-state index in [9.17, 15) is 4.79 Å². The molecule has 7 heteroatoms. The molecule has 1 aromatic carbocycles. The lowest BCUT2D eigenvalue weighted by Crippen LogP contribution is -2.20. The number of amides is 1. The van der Waals surface area contributed by atoms with Crippen LogP contribution in [0.5, 0.6) is 0 Å². The van der Waals surface area contributed by atoms with Crippen molar-refractivity contribution >= 4 is 23.3 Å². The zero-order chi connectivity index (χ0) is 16.1. The predicted molar refractivity (Wildman–Crippen MR) is 87.5 cm³/mol. The van der Waals surface area contributed by atoms with E-state index in [2.05, 4.69) is 20.5 Å². The van der Waals surface area contributed by atoms with Crippen LogP contribution in [0.2, 0.25) is 0 Å². The van der Waals surface area contributed by atoms with Crippen LogP contribution < -0.4 is 5.32 Å². The van der Waals surface area contributed by atoms with Gasteiger partial charge in [-0.3, -0.25) is 4.79 Å². The highest BCUT2D eigenvalue weighted by Crippen LogP contribution is 2.25. The summed E-state index contributed by atoms with van der Waals surface area (Å²) < 4.78 is 5.53. The SMILES string of the molecule is Cc1ncsc1-c1nnc(CNC(=O)/C=C/c2ccccc2)o1. The molecule has 0 unspecified atom stereocenters. The molecule has 23 heavy (non-hydrogen) atoms. The zero-order valence-electron chi connectivity index (χ0n) is 12.4. The second-order valence-corrected chi connectivity index (χ2v) is 5.58. The van der Waals surface area contributed by atoms with E-state index in [4.69, 9.17) is 4.42 Å². The highest BCUT2D eigenvalue weighted by atomic mass is 32.1. The average molecular weight is 326 g/mol. The average Bonchev–Trinajstić information content (AvgIpc) is 3.20. The molecule has 0 atom stereocenters. The highest BCUT2D eigenvalue weighted by molar-refractivity contribution is 7.13. The molecule has 0 bridgehead atoms. The number of benzene rings is 1. The van der Waals surface area contributed by atoms with Crippen LogP contribution in [0, 0.1) is 6.92 Å². The van der Waals surface area contributed by atoms with Crippen LogP contribution in [0.1, 0.15) is 17.1 Å².